The van der Waals surface area contributed by atoms with Crippen LogP contribution >= 0.6 is 11.6 Å². The van der Waals surface area contributed by atoms with Gasteiger partial charge in [-0.2, -0.15) is 0 Å². The molecule has 1 aliphatic carbocycles. The fourth-order valence-corrected chi connectivity index (χ4v) is 3.10. The first-order chi connectivity index (χ1) is 8.29. The van der Waals surface area contributed by atoms with Gasteiger partial charge in [0.2, 0.25) is 0 Å². The molecule has 2 rings (SSSR count). The lowest BCUT2D eigenvalue weighted by atomic mass is 9.77. The minimum absolute atomic E-state index is 0.650. The summed E-state index contributed by atoms with van der Waals surface area (Å²) in [5, 5.41) is 0.815. The summed E-state index contributed by atoms with van der Waals surface area (Å²) in [6.45, 7) is 0.813. The highest BCUT2D eigenvalue weighted by Crippen LogP contribution is 2.31. The third-order valence-corrected chi connectivity index (χ3v) is 4.28. The molecule has 1 nitrogen and oxygen atoms in total. The summed E-state index contributed by atoms with van der Waals surface area (Å²) < 4.78 is 0. The van der Waals surface area contributed by atoms with Crippen molar-refractivity contribution in [2.45, 2.75) is 38.5 Å². The van der Waals surface area contributed by atoms with Crippen LogP contribution in [0.4, 0.5) is 0 Å². The highest BCUT2D eigenvalue weighted by atomic mass is 35.5. The molecule has 0 bridgehead atoms. The van der Waals surface area contributed by atoms with E-state index in [0.717, 1.165) is 23.9 Å². The van der Waals surface area contributed by atoms with Crippen molar-refractivity contribution in [3.63, 3.8) is 0 Å². The van der Waals surface area contributed by atoms with E-state index >= 15 is 0 Å². The Morgan fingerprint density at radius 1 is 1.12 bits per heavy atom. The van der Waals surface area contributed by atoms with Crippen molar-refractivity contribution in [2.75, 3.05) is 6.54 Å². The van der Waals surface area contributed by atoms with Crippen LogP contribution in [0.1, 0.15) is 37.7 Å². The maximum atomic E-state index is 5.96. The molecule has 0 radical (unpaired) electrons. The Labute approximate surface area is 109 Å². The van der Waals surface area contributed by atoms with Gasteiger partial charge in [0, 0.05) is 5.02 Å². The fourth-order valence-electron chi connectivity index (χ4n) is 2.97. The number of halogens is 1. The summed E-state index contributed by atoms with van der Waals surface area (Å²) in [4.78, 5) is 0. The molecule has 17 heavy (non-hydrogen) atoms. The summed E-state index contributed by atoms with van der Waals surface area (Å²) in [6.07, 6.45) is 8.04. The largest absolute Gasteiger partial charge is 0.330 e. The molecule has 1 aliphatic rings. The van der Waals surface area contributed by atoms with E-state index in [1.165, 1.54) is 37.7 Å². The first-order valence-electron chi connectivity index (χ1n) is 6.74. The molecule has 1 aromatic carbocycles. The Balaban J connectivity index is 1.96. The van der Waals surface area contributed by atoms with E-state index in [4.69, 9.17) is 17.3 Å². The van der Waals surface area contributed by atoms with Crippen molar-refractivity contribution in [3.05, 3.63) is 34.9 Å². The quantitative estimate of drug-likeness (QED) is 0.859. The normalized spacial score (nSPS) is 19.2. The Hall–Kier alpha value is -0.530. The van der Waals surface area contributed by atoms with Crippen LogP contribution in [0.2, 0.25) is 5.02 Å². The highest BCUT2D eigenvalue weighted by Gasteiger charge is 2.22. The van der Waals surface area contributed by atoms with Crippen LogP contribution in [0, 0.1) is 11.8 Å². The van der Waals surface area contributed by atoms with Crippen molar-refractivity contribution in [3.8, 4) is 0 Å². The first kappa shape index (κ1) is 12.9. The molecule has 1 fully saturated rings. The van der Waals surface area contributed by atoms with E-state index in [1.54, 1.807) is 0 Å². The molecule has 0 amide bonds. The third kappa shape index (κ3) is 3.72. The molecule has 0 aliphatic heterocycles. The van der Waals surface area contributed by atoms with Gasteiger partial charge in [0.15, 0.2) is 0 Å². The molecule has 1 saturated carbocycles. The van der Waals surface area contributed by atoms with Crippen LogP contribution in [0.25, 0.3) is 0 Å². The number of benzene rings is 1. The molecule has 94 valence electrons. The van der Waals surface area contributed by atoms with Gasteiger partial charge in [-0.05, 0) is 42.5 Å². The molecule has 2 heteroatoms. The average Bonchev–Trinajstić information content (AvgIpc) is 2.39. The molecule has 0 aromatic heterocycles. The standard InChI is InChI=1S/C15H22ClN/c16-15-8-6-12(7-9-15)10-14(11-17)13-4-2-1-3-5-13/h6-9,13-14H,1-5,10-11,17H2. The van der Waals surface area contributed by atoms with E-state index < -0.39 is 0 Å². The summed E-state index contributed by atoms with van der Waals surface area (Å²) in [5.74, 6) is 1.49. The van der Waals surface area contributed by atoms with Gasteiger partial charge in [-0.25, -0.2) is 0 Å². The van der Waals surface area contributed by atoms with Crippen LogP contribution in [0.15, 0.2) is 24.3 Å². The van der Waals surface area contributed by atoms with Gasteiger partial charge in [0.1, 0.15) is 0 Å². The van der Waals surface area contributed by atoms with Crippen LogP contribution in [-0.2, 0) is 6.42 Å². The second kappa shape index (κ2) is 6.42. The number of nitrogens with two attached hydrogens (primary N) is 1. The number of hydrogen-bond donors (Lipinski definition) is 1. The third-order valence-electron chi connectivity index (χ3n) is 4.03. The molecule has 1 atom stereocenters. The van der Waals surface area contributed by atoms with Gasteiger partial charge >= 0.3 is 0 Å². The van der Waals surface area contributed by atoms with Crippen LogP contribution in [0.5, 0.6) is 0 Å². The summed E-state index contributed by atoms with van der Waals surface area (Å²) in [7, 11) is 0. The predicted molar refractivity (Wildman–Crippen MR) is 74.3 cm³/mol. The monoisotopic (exact) mass is 251 g/mol. The van der Waals surface area contributed by atoms with Gasteiger partial charge in [0.25, 0.3) is 0 Å². The zero-order valence-electron chi connectivity index (χ0n) is 10.4. The van der Waals surface area contributed by atoms with Crippen molar-refractivity contribution in [2.24, 2.45) is 17.6 Å². The topological polar surface area (TPSA) is 26.0 Å². The van der Waals surface area contributed by atoms with Gasteiger partial charge in [0.05, 0.1) is 0 Å². The van der Waals surface area contributed by atoms with Gasteiger partial charge in [-0.15, -0.1) is 0 Å². The molecule has 1 aromatic rings. The number of hydrogen-bond acceptors (Lipinski definition) is 1. The molecule has 1 unspecified atom stereocenters. The molecule has 2 N–H and O–H groups in total. The van der Waals surface area contributed by atoms with Crippen LogP contribution < -0.4 is 5.73 Å². The molecule has 0 saturated heterocycles. The second-order valence-corrected chi connectivity index (χ2v) is 5.66. The minimum atomic E-state index is 0.650. The zero-order chi connectivity index (χ0) is 12.1. The summed E-state index contributed by atoms with van der Waals surface area (Å²) in [5.41, 5.74) is 7.33. The van der Waals surface area contributed by atoms with Crippen LogP contribution in [0.3, 0.4) is 0 Å². The van der Waals surface area contributed by atoms with Crippen molar-refractivity contribution < 1.29 is 0 Å². The lowest BCUT2D eigenvalue weighted by Gasteiger charge is -2.29. The van der Waals surface area contributed by atoms with E-state index in [9.17, 15) is 0 Å². The summed E-state index contributed by atoms with van der Waals surface area (Å²) in [6, 6.07) is 8.22. The zero-order valence-corrected chi connectivity index (χ0v) is 11.1. The van der Waals surface area contributed by atoms with Crippen LogP contribution in [-0.4, -0.2) is 6.54 Å². The molecule has 0 heterocycles. The Bertz CT molecular complexity index is 327. The van der Waals surface area contributed by atoms with Crippen molar-refractivity contribution in [1.29, 1.82) is 0 Å². The maximum Gasteiger partial charge on any atom is 0.0406 e. The van der Waals surface area contributed by atoms with Crippen molar-refractivity contribution >= 4 is 11.6 Å². The van der Waals surface area contributed by atoms with Gasteiger partial charge in [-0.1, -0.05) is 55.8 Å². The fraction of sp³-hybridized carbons (Fsp3) is 0.600. The van der Waals surface area contributed by atoms with E-state index in [2.05, 4.69) is 12.1 Å². The smallest absolute Gasteiger partial charge is 0.0406 e. The van der Waals surface area contributed by atoms with Gasteiger partial charge < -0.3 is 5.73 Å². The molecular formula is C15H22ClN. The van der Waals surface area contributed by atoms with E-state index in [-0.39, 0.29) is 0 Å². The van der Waals surface area contributed by atoms with Crippen molar-refractivity contribution in [1.82, 2.24) is 0 Å². The van der Waals surface area contributed by atoms with E-state index in [0.29, 0.717) is 5.92 Å². The number of rotatable bonds is 4. The van der Waals surface area contributed by atoms with E-state index in [1.807, 2.05) is 12.1 Å². The highest BCUT2D eigenvalue weighted by molar-refractivity contribution is 6.30. The lowest BCUT2D eigenvalue weighted by molar-refractivity contribution is 0.251. The lowest BCUT2D eigenvalue weighted by Crippen LogP contribution is -2.27. The minimum Gasteiger partial charge on any atom is -0.330 e. The van der Waals surface area contributed by atoms with Gasteiger partial charge in [-0.3, -0.25) is 0 Å². The average molecular weight is 252 g/mol. The Morgan fingerprint density at radius 3 is 2.35 bits per heavy atom. The second-order valence-electron chi connectivity index (χ2n) is 5.22. The predicted octanol–water partition coefficient (Wildman–Crippen LogP) is 4.04. The SMILES string of the molecule is NCC(Cc1ccc(Cl)cc1)C1CCCCC1. The molecule has 0 spiro atoms. The first-order valence-corrected chi connectivity index (χ1v) is 7.12. The maximum absolute atomic E-state index is 5.96. The Morgan fingerprint density at radius 2 is 1.76 bits per heavy atom. The molecular weight excluding hydrogens is 230 g/mol. The Kier molecular flexibility index (Phi) is 4.87. The summed E-state index contributed by atoms with van der Waals surface area (Å²) >= 11 is 5.91.